The molecule has 0 unspecified atom stereocenters. The summed E-state index contributed by atoms with van der Waals surface area (Å²) in [7, 11) is 0. The summed E-state index contributed by atoms with van der Waals surface area (Å²) in [6, 6.07) is 9.54. The molecule has 5 rings (SSSR count). The summed E-state index contributed by atoms with van der Waals surface area (Å²) >= 11 is 5.61. The third-order valence-electron chi connectivity index (χ3n) is 5.50. The largest absolute Gasteiger partial charge is 0.484 e. The van der Waals surface area contributed by atoms with E-state index in [1.807, 2.05) is 0 Å². The molecule has 3 aliphatic rings. The van der Waals surface area contributed by atoms with Gasteiger partial charge in [0.05, 0.1) is 5.02 Å². The first kappa shape index (κ1) is 23.0. The van der Waals surface area contributed by atoms with E-state index in [-0.39, 0.29) is 52.8 Å². The van der Waals surface area contributed by atoms with E-state index in [9.17, 15) is 22.8 Å². The van der Waals surface area contributed by atoms with Gasteiger partial charge in [0.1, 0.15) is 23.1 Å². The first-order chi connectivity index (χ1) is 15.7. The summed E-state index contributed by atoms with van der Waals surface area (Å²) in [5.74, 6) is -0.984. The number of rotatable bonds is 10. The van der Waals surface area contributed by atoms with Gasteiger partial charge >= 0.3 is 6.61 Å². The topological polar surface area (TPSA) is 85.9 Å². The number of hydrogen-bond acceptors (Lipinski definition) is 5. The van der Waals surface area contributed by atoms with Crippen LogP contribution < -0.4 is 24.8 Å². The number of benzene rings is 2. The second-order valence-corrected chi connectivity index (χ2v) is 8.60. The molecule has 0 heterocycles. The van der Waals surface area contributed by atoms with E-state index in [2.05, 4.69) is 15.4 Å². The first-order valence-corrected chi connectivity index (χ1v) is 10.4. The maximum atomic E-state index is 13.4. The van der Waals surface area contributed by atoms with Crippen molar-refractivity contribution < 1.29 is 37.0 Å². The molecular formula is C22H20ClF3N2O5. The predicted molar refractivity (Wildman–Crippen MR) is 111 cm³/mol. The molecule has 3 saturated carbocycles. The van der Waals surface area contributed by atoms with E-state index in [1.54, 1.807) is 0 Å². The molecule has 2 aromatic rings. The molecule has 2 aromatic carbocycles. The number of amides is 2. The van der Waals surface area contributed by atoms with E-state index in [0.717, 1.165) is 6.07 Å². The van der Waals surface area contributed by atoms with Gasteiger partial charge in [-0.15, -0.1) is 0 Å². The van der Waals surface area contributed by atoms with Gasteiger partial charge in [-0.3, -0.25) is 9.59 Å². The Morgan fingerprint density at radius 3 is 2.00 bits per heavy atom. The Kier molecular flexibility index (Phi) is 6.29. The average Bonchev–Trinajstić information content (AvgIpc) is 2.70. The minimum Gasteiger partial charge on any atom is -0.484 e. The molecular weight excluding hydrogens is 465 g/mol. The van der Waals surface area contributed by atoms with Crippen LogP contribution in [-0.2, 0) is 9.59 Å². The van der Waals surface area contributed by atoms with Crippen LogP contribution in [0.15, 0.2) is 42.5 Å². The van der Waals surface area contributed by atoms with Gasteiger partial charge in [-0.25, -0.2) is 4.39 Å². The Labute approximate surface area is 192 Å². The van der Waals surface area contributed by atoms with Crippen molar-refractivity contribution in [2.75, 3.05) is 13.2 Å². The van der Waals surface area contributed by atoms with Gasteiger partial charge in [0.15, 0.2) is 13.2 Å². The lowest BCUT2D eigenvalue weighted by atomic mass is 9.44. The van der Waals surface area contributed by atoms with Crippen molar-refractivity contribution in [3.63, 3.8) is 0 Å². The molecule has 0 radical (unpaired) electrons. The fourth-order valence-corrected chi connectivity index (χ4v) is 4.44. The molecule has 0 saturated heterocycles. The van der Waals surface area contributed by atoms with Gasteiger partial charge in [0.25, 0.3) is 11.8 Å². The van der Waals surface area contributed by atoms with E-state index >= 15 is 0 Å². The smallest absolute Gasteiger partial charge is 0.387 e. The van der Waals surface area contributed by atoms with Gasteiger partial charge in [-0.2, -0.15) is 8.78 Å². The SMILES string of the molecule is O=C(COc1cccc(OC(F)F)c1)NC12CC(NC(=O)COc3ccc(Cl)c(F)c3)(C1)C2. The number of hydrogen-bond donors (Lipinski definition) is 2. The van der Waals surface area contributed by atoms with Crippen LogP contribution in [0.3, 0.4) is 0 Å². The van der Waals surface area contributed by atoms with Crippen LogP contribution in [0.4, 0.5) is 13.2 Å². The Balaban J connectivity index is 1.17. The molecule has 2 amide bonds. The van der Waals surface area contributed by atoms with Gasteiger partial charge in [0, 0.05) is 23.2 Å². The summed E-state index contributed by atoms with van der Waals surface area (Å²) in [5, 5.41) is 5.75. The standard InChI is InChI=1S/C22H20ClF3N2O5/c23-16-5-4-14(7-17(16)24)32-9-19(30)28-22-10-21(11-22,12-22)27-18(29)8-31-13-2-1-3-15(6-13)33-20(25)26/h1-7,20H,8-12H2,(H,27,29)(H,28,30). The highest BCUT2D eigenvalue weighted by Crippen LogP contribution is 2.60. The van der Waals surface area contributed by atoms with Crippen molar-refractivity contribution in [2.24, 2.45) is 0 Å². The number of carbonyl (C=O) groups excluding carboxylic acids is 2. The lowest BCUT2D eigenvalue weighted by molar-refractivity contribution is -0.151. The van der Waals surface area contributed by atoms with Gasteiger partial charge < -0.3 is 24.8 Å². The fourth-order valence-electron chi connectivity index (χ4n) is 4.32. The van der Waals surface area contributed by atoms with Crippen LogP contribution in [0, 0.1) is 5.82 Å². The molecule has 0 aliphatic heterocycles. The number of nitrogens with one attached hydrogen (secondary N) is 2. The highest BCUT2D eigenvalue weighted by molar-refractivity contribution is 6.30. The van der Waals surface area contributed by atoms with Crippen LogP contribution in [0.5, 0.6) is 17.2 Å². The van der Waals surface area contributed by atoms with Crippen molar-refractivity contribution >= 4 is 23.4 Å². The van der Waals surface area contributed by atoms with Gasteiger partial charge in [-0.1, -0.05) is 17.7 Å². The van der Waals surface area contributed by atoms with Crippen LogP contribution in [-0.4, -0.2) is 42.7 Å². The van der Waals surface area contributed by atoms with Crippen molar-refractivity contribution in [2.45, 2.75) is 37.0 Å². The van der Waals surface area contributed by atoms with E-state index < -0.39 is 18.0 Å². The van der Waals surface area contributed by atoms with Crippen LogP contribution in [0.25, 0.3) is 0 Å². The van der Waals surface area contributed by atoms with Gasteiger partial charge in [-0.05, 0) is 43.5 Å². The van der Waals surface area contributed by atoms with E-state index in [0.29, 0.717) is 19.3 Å². The Morgan fingerprint density at radius 2 is 1.45 bits per heavy atom. The van der Waals surface area contributed by atoms with Crippen molar-refractivity contribution in [3.05, 3.63) is 53.3 Å². The second-order valence-electron chi connectivity index (χ2n) is 8.19. The fraction of sp³-hybridized carbons (Fsp3) is 0.364. The highest BCUT2D eigenvalue weighted by atomic mass is 35.5. The first-order valence-electron chi connectivity index (χ1n) is 10.0. The zero-order valence-electron chi connectivity index (χ0n) is 17.2. The molecule has 11 heteroatoms. The number of ether oxygens (including phenoxy) is 3. The highest BCUT2D eigenvalue weighted by Gasteiger charge is 2.69. The molecule has 3 aliphatic carbocycles. The summed E-state index contributed by atoms with van der Waals surface area (Å²) in [4.78, 5) is 24.4. The van der Waals surface area contributed by atoms with Crippen molar-refractivity contribution in [3.8, 4) is 17.2 Å². The second kappa shape index (κ2) is 9.01. The summed E-state index contributed by atoms with van der Waals surface area (Å²) in [6.45, 7) is -3.51. The molecule has 2 N–H and O–H groups in total. The quantitative estimate of drug-likeness (QED) is 0.539. The van der Waals surface area contributed by atoms with E-state index in [1.165, 1.54) is 36.4 Å². The lowest BCUT2D eigenvalue weighted by Gasteiger charge is -2.70. The van der Waals surface area contributed by atoms with Crippen LogP contribution in [0.2, 0.25) is 5.02 Å². The van der Waals surface area contributed by atoms with Gasteiger partial charge in [0.2, 0.25) is 0 Å². The summed E-state index contributed by atoms with van der Waals surface area (Å²) in [5.41, 5.74) is -0.782. The minimum absolute atomic E-state index is 0.0345. The molecule has 176 valence electrons. The summed E-state index contributed by atoms with van der Waals surface area (Å²) < 4.78 is 52.9. The normalized spacial score (nSPS) is 22.6. The molecule has 33 heavy (non-hydrogen) atoms. The molecule has 7 nitrogen and oxygen atoms in total. The number of alkyl halides is 2. The van der Waals surface area contributed by atoms with Crippen molar-refractivity contribution in [1.82, 2.24) is 10.6 Å². The zero-order valence-corrected chi connectivity index (χ0v) is 18.0. The monoisotopic (exact) mass is 484 g/mol. The number of halogens is 4. The molecule has 2 bridgehead atoms. The molecule has 3 fully saturated rings. The zero-order chi connectivity index (χ0) is 23.6. The van der Waals surface area contributed by atoms with Crippen LogP contribution in [0.1, 0.15) is 19.3 Å². The number of carbonyl (C=O) groups is 2. The maximum Gasteiger partial charge on any atom is 0.387 e. The predicted octanol–water partition coefficient (Wildman–Crippen LogP) is 3.45. The minimum atomic E-state index is -2.95. The molecule has 0 atom stereocenters. The summed E-state index contributed by atoms with van der Waals surface area (Å²) in [6.07, 6.45) is 1.72. The third-order valence-corrected chi connectivity index (χ3v) is 5.81. The average molecular weight is 485 g/mol. The molecule has 0 aromatic heterocycles. The maximum absolute atomic E-state index is 13.4. The Bertz CT molecular complexity index is 1050. The molecule has 0 spiro atoms. The van der Waals surface area contributed by atoms with Crippen molar-refractivity contribution in [1.29, 1.82) is 0 Å². The van der Waals surface area contributed by atoms with E-state index in [4.69, 9.17) is 21.1 Å². The van der Waals surface area contributed by atoms with Crippen LogP contribution >= 0.6 is 11.6 Å². The lowest BCUT2D eigenvalue weighted by Crippen LogP contribution is -2.84. The Morgan fingerprint density at radius 1 is 0.909 bits per heavy atom. The Hall–Kier alpha value is -3.14. The third kappa shape index (κ3) is 5.44.